The molecule has 0 aliphatic carbocycles. The van der Waals surface area contributed by atoms with Gasteiger partial charge in [0.2, 0.25) is 0 Å². The third-order valence-corrected chi connectivity index (χ3v) is 2.72. The topological polar surface area (TPSA) is 64.8 Å². The first-order valence-electron chi connectivity index (χ1n) is 5.56. The molecule has 0 unspecified atom stereocenters. The van der Waals surface area contributed by atoms with Crippen LogP contribution >= 0.6 is 0 Å². The Bertz CT molecular complexity index is 420. The van der Waals surface area contributed by atoms with Gasteiger partial charge in [-0.15, -0.1) is 0 Å². The van der Waals surface area contributed by atoms with E-state index in [1.807, 2.05) is 18.2 Å². The lowest BCUT2D eigenvalue weighted by atomic mass is 10.1. The SMILES string of the molecule is CN(CCc1ccc2c(c1)OCCO2)C(N)=O. The van der Waals surface area contributed by atoms with Crippen molar-refractivity contribution >= 4 is 6.03 Å². The smallest absolute Gasteiger partial charge is 0.314 e. The van der Waals surface area contributed by atoms with Gasteiger partial charge in [-0.05, 0) is 24.1 Å². The molecule has 2 amide bonds. The fourth-order valence-electron chi connectivity index (χ4n) is 1.65. The number of hydrogen-bond donors (Lipinski definition) is 1. The highest BCUT2D eigenvalue weighted by atomic mass is 16.6. The van der Waals surface area contributed by atoms with Gasteiger partial charge in [0.25, 0.3) is 0 Å². The van der Waals surface area contributed by atoms with E-state index < -0.39 is 6.03 Å². The zero-order valence-corrected chi connectivity index (χ0v) is 9.81. The van der Waals surface area contributed by atoms with Crippen LogP contribution < -0.4 is 15.2 Å². The summed E-state index contributed by atoms with van der Waals surface area (Å²) in [7, 11) is 1.68. The normalized spacial score (nSPS) is 13.2. The van der Waals surface area contributed by atoms with E-state index in [-0.39, 0.29) is 0 Å². The molecule has 1 aliphatic heterocycles. The Morgan fingerprint density at radius 2 is 2.06 bits per heavy atom. The lowest BCUT2D eigenvalue weighted by Gasteiger charge is -2.19. The first kappa shape index (κ1) is 11.6. The second kappa shape index (κ2) is 4.95. The van der Waals surface area contributed by atoms with Crippen molar-refractivity contribution in [2.45, 2.75) is 6.42 Å². The molecule has 1 aromatic rings. The van der Waals surface area contributed by atoms with Crippen LogP contribution in [0, 0.1) is 0 Å². The molecule has 92 valence electrons. The maximum absolute atomic E-state index is 10.9. The number of hydrogen-bond acceptors (Lipinski definition) is 3. The molecular weight excluding hydrogens is 220 g/mol. The number of fused-ring (bicyclic) bond motifs is 1. The number of carbonyl (C=O) groups excluding carboxylic acids is 1. The Balaban J connectivity index is 2.00. The van der Waals surface area contributed by atoms with Crippen LogP contribution in [0.5, 0.6) is 11.5 Å². The van der Waals surface area contributed by atoms with E-state index in [0.29, 0.717) is 19.8 Å². The molecular formula is C12H16N2O3. The van der Waals surface area contributed by atoms with Gasteiger partial charge >= 0.3 is 6.03 Å². The summed E-state index contributed by atoms with van der Waals surface area (Å²) < 4.78 is 10.9. The van der Waals surface area contributed by atoms with Crippen LogP contribution in [0.3, 0.4) is 0 Å². The molecule has 0 atom stereocenters. The number of amides is 2. The van der Waals surface area contributed by atoms with Crippen LogP contribution in [-0.4, -0.2) is 37.7 Å². The summed E-state index contributed by atoms with van der Waals surface area (Å²) in [6.45, 7) is 1.77. The highest BCUT2D eigenvalue weighted by Gasteiger charge is 2.12. The first-order chi connectivity index (χ1) is 8.16. The highest BCUT2D eigenvalue weighted by molar-refractivity contribution is 5.71. The number of benzene rings is 1. The fraction of sp³-hybridized carbons (Fsp3) is 0.417. The summed E-state index contributed by atoms with van der Waals surface area (Å²) in [5.41, 5.74) is 6.25. The molecule has 0 aromatic heterocycles. The molecule has 2 rings (SSSR count). The number of primary amides is 1. The number of urea groups is 1. The maximum atomic E-state index is 10.9. The van der Waals surface area contributed by atoms with Crippen molar-refractivity contribution < 1.29 is 14.3 Å². The summed E-state index contributed by atoms with van der Waals surface area (Å²) in [4.78, 5) is 12.3. The van der Waals surface area contributed by atoms with Crippen molar-refractivity contribution in [2.75, 3.05) is 26.8 Å². The molecule has 0 bridgehead atoms. The number of nitrogens with two attached hydrogens (primary N) is 1. The van der Waals surface area contributed by atoms with Crippen LogP contribution in [0.1, 0.15) is 5.56 Å². The van der Waals surface area contributed by atoms with Gasteiger partial charge in [-0.1, -0.05) is 6.07 Å². The van der Waals surface area contributed by atoms with Crippen LogP contribution in [0.4, 0.5) is 4.79 Å². The average Bonchev–Trinajstić information content (AvgIpc) is 2.35. The van der Waals surface area contributed by atoms with Crippen LogP contribution in [0.25, 0.3) is 0 Å². The zero-order chi connectivity index (χ0) is 12.3. The molecule has 1 aromatic carbocycles. The molecule has 0 saturated heterocycles. The summed E-state index contributed by atoms with van der Waals surface area (Å²) in [5, 5.41) is 0. The number of ether oxygens (including phenoxy) is 2. The minimum atomic E-state index is -0.414. The van der Waals surface area contributed by atoms with E-state index in [2.05, 4.69) is 0 Å². The number of likely N-dealkylation sites (N-methyl/N-ethyl adjacent to an activating group) is 1. The van der Waals surface area contributed by atoms with Gasteiger partial charge in [-0.3, -0.25) is 0 Å². The van der Waals surface area contributed by atoms with Gasteiger partial charge in [0, 0.05) is 13.6 Å². The maximum Gasteiger partial charge on any atom is 0.314 e. The van der Waals surface area contributed by atoms with Crippen molar-refractivity contribution in [3.63, 3.8) is 0 Å². The first-order valence-corrected chi connectivity index (χ1v) is 5.56. The summed E-state index contributed by atoms with van der Waals surface area (Å²) in [6.07, 6.45) is 0.746. The fourth-order valence-corrected chi connectivity index (χ4v) is 1.65. The largest absolute Gasteiger partial charge is 0.486 e. The zero-order valence-electron chi connectivity index (χ0n) is 9.81. The monoisotopic (exact) mass is 236 g/mol. The van der Waals surface area contributed by atoms with Crippen molar-refractivity contribution in [1.29, 1.82) is 0 Å². The summed E-state index contributed by atoms with van der Waals surface area (Å²) in [5.74, 6) is 1.55. The lowest BCUT2D eigenvalue weighted by Crippen LogP contribution is -2.33. The number of rotatable bonds is 3. The number of carbonyl (C=O) groups is 1. The van der Waals surface area contributed by atoms with E-state index in [1.54, 1.807) is 7.05 Å². The summed E-state index contributed by atoms with van der Waals surface area (Å²) in [6, 6.07) is 5.40. The molecule has 1 aliphatic rings. The molecule has 1 heterocycles. The molecule has 0 fully saturated rings. The van der Waals surface area contributed by atoms with Crippen LogP contribution in [0.2, 0.25) is 0 Å². The Morgan fingerprint density at radius 1 is 1.35 bits per heavy atom. The van der Waals surface area contributed by atoms with E-state index >= 15 is 0 Å². The lowest BCUT2D eigenvalue weighted by molar-refractivity contribution is 0.171. The molecule has 5 nitrogen and oxygen atoms in total. The van der Waals surface area contributed by atoms with E-state index in [9.17, 15) is 4.79 Å². The highest BCUT2D eigenvalue weighted by Crippen LogP contribution is 2.30. The van der Waals surface area contributed by atoms with Crippen LogP contribution in [-0.2, 0) is 6.42 Å². The Labute approximate surface area is 100 Å². The van der Waals surface area contributed by atoms with Crippen molar-refractivity contribution in [2.24, 2.45) is 5.73 Å². The molecule has 0 spiro atoms. The van der Waals surface area contributed by atoms with Gasteiger partial charge in [0.1, 0.15) is 13.2 Å². The van der Waals surface area contributed by atoms with E-state index in [0.717, 1.165) is 23.5 Å². The van der Waals surface area contributed by atoms with Crippen LogP contribution in [0.15, 0.2) is 18.2 Å². The van der Waals surface area contributed by atoms with Gasteiger partial charge in [0.15, 0.2) is 11.5 Å². The van der Waals surface area contributed by atoms with Gasteiger partial charge in [0.05, 0.1) is 0 Å². The summed E-state index contributed by atoms with van der Waals surface area (Å²) >= 11 is 0. The number of nitrogens with zero attached hydrogens (tertiary/aromatic N) is 1. The third-order valence-electron chi connectivity index (χ3n) is 2.72. The van der Waals surface area contributed by atoms with E-state index in [4.69, 9.17) is 15.2 Å². The minimum Gasteiger partial charge on any atom is -0.486 e. The van der Waals surface area contributed by atoms with Gasteiger partial charge < -0.3 is 20.1 Å². The molecule has 5 heteroatoms. The molecule has 2 N–H and O–H groups in total. The second-order valence-electron chi connectivity index (χ2n) is 3.99. The van der Waals surface area contributed by atoms with Crippen molar-refractivity contribution in [1.82, 2.24) is 4.90 Å². The second-order valence-corrected chi connectivity index (χ2v) is 3.99. The Kier molecular flexibility index (Phi) is 3.37. The van der Waals surface area contributed by atoms with E-state index in [1.165, 1.54) is 4.90 Å². The predicted molar refractivity (Wildman–Crippen MR) is 63.3 cm³/mol. The van der Waals surface area contributed by atoms with Crippen molar-refractivity contribution in [3.8, 4) is 11.5 Å². The molecule has 17 heavy (non-hydrogen) atoms. The minimum absolute atomic E-state index is 0.414. The quantitative estimate of drug-likeness (QED) is 0.851. The predicted octanol–water partition coefficient (Wildman–Crippen LogP) is 1.01. The Morgan fingerprint density at radius 3 is 2.76 bits per heavy atom. The van der Waals surface area contributed by atoms with Crippen molar-refractivity contribution in [3.05, 3.63) is 23.8 Å². The third kappa shape index (κ3) is 2.81. The Hall–Kier alpha value is -1.91. The average molecular weight is 236 g/mol. The molecule has 0 saturated carbocycles. The standard InChI is InChI=1S/C12H16N2O3/c1-14(12(13)15)5-4-9-2-3-10-11(8-9)17-7-6-16-10/h2-3,8H,4-7H2,1H3,(H2,13,15). The van der Waals surface area contributed by atoms with Gasteiger partial charge in [-0.25, -0.2) is 4.79 Å². The molecule has 0 radical (unpaired) electrons. The van der Waals surface area contributed by atoms with Gasteiger partial charge in [-0.2, -0.15) is 0 Å².